The molecule has 0 fully saturated rings. The summed E-state index contributed by atoms with van der Waals surface area (Å²) in [6.07, 6.45) is 7.97. The van der Waals surface area contributed by atoms with Gasteiger partial charge in [0.05, 0.1) is 0 Å². The minimum absolute atomic E-state index is 0. The van der Waals surface area contributed by atoms with Gasteiger partial charge in [0.15, 0.2) is 0 Å². The Labute approximate surface area is 69.8 Å². The molecule has 1 aliphatic carbocycles. The molecule has 0 aliphatic heterocycles. The zero-order valence-electron chi connectivity index (χ0n) is 5.57. The van der Waals surface area contributed by atoms with Crippen molar-refractivity contribution in [3.05, 3.63) is 21.6 Å². The average Bonchev–Trinajstić information content (AvgIpc) is 2.14. The van der Waals surface area contributed by atoms with Crippen LogP contribution in [0.25, 0.3) is 0 Å². The van der Waals surface area contributed by atoms with E-state index in [1.165, 1.54) is 6.42 Å². The molecule has 0 saturated carbocycles. The largest absolute Gasteiger partial charge is 1.00 e. The van der Waals surface area contributed by atoms with Gasteiger partial charge < -0.3 is 14.1 Å². The van der Waals surface area contributed by atoms with Crippen LogP contribution in [0.1, 0.15) is 6.42 Å². The predicted molar refractivity (Wildman–Crippen MR) is 27.7 cm³/mol. The molecular weight excluding hydrogens is 308 g/mol. The predicted octanol–water partition coefficient (Wildman–Crippen LogP) is -7.03. The minimum atomic E-state index is -0.221. The van der Waals surface area contributed by atoms with Crippen LogP contribution < -0.4 is 14.1 Å². The van der Waals surface area contributed by atoms with Gasteiger partial charge in [-0.15, -0.1) is 0 Å². The second-order valence-electron chi connectivity index (χ2n) is 1.57. The molecule has 1 aliphatic rings. The molecule has 0 unspecified atom stereocenters. The number of rotatable bonds is 1. The zero-order valence-corrected chi connectivity index (χ0v) is 9.17. The molecule has 0 aromatic heterocycles. The third-order valence-corrected chi connectivity index (χ3v) is 4.73. The van der Waals surface area contributed by atoms with Crippen molar-refractivity contribution in [1.29, 1.82) is 0 Å². The summed E-state index contributed by atoms with van der Waals surface area (Å²) < 4.78 is 4.14. The van der Waals surface area contributed by atoms with Crippen LogP contribution in [0.4, 0.5) is 0 Å². The van der Waals surface area contributed by atoms with E-state index in [1.807, 2.05) is 0 Å². The Bertz CT molecular complexity index is 120. The van der Waals surface area contributed by atoms with Gasteiger partial charge in [0.2, 0.25) is 0 Å². The molecule has 57 valence electrons. The van der Waals surface area contributed by atoms with Crippen molar-refractivity contribution in [2.45, 2.75) is 11.1 Å². The zero-order chi connectivity index (χ0) is 5.11. The molecule has 0 atom stereocenters. The standard InChI is InChI=1S/C5H5.CH3.3FH.Hf/c1-2-4-5-3-1;;;;;/h1-3H,4H2;1H3;3*1H;/q;;;;;+3/p-3. The molecule has 0 aromatic carbocycles. The molecule has 4 heteroatoms. The maximum absolute atomic E-state index is 2.39. The molecule has 0 N–H and O–H groups in total. The summed E-state index contributed by atoms with van der Waals surface area (Å²) in [7, 11) is 0. The van der Waals surface area contributed by atoms with E-state index in [1.54, 1.807) is 3.33 Å². The third-order valence-electron chi connectivity index (χ3n) is 1.09. The van der Waals surface area contributed by atoms with Crippen molar-refractivity contribution >= 4 is 0 Å². The Hall–Kier alpha value is 0.140. The quantitative estimate of drug-likeness (QED) is 0.422. The van der Waals surface area contributed by atoms with Crippen LogP contribution in [-0.2, 0) is 22.9 Å². The third kappa shape index (κ3) is 4.97. The summed E-state index contributed by atoms with van der Waals surface area (Å²) in [6.45, 7) is 0. The van der Waals surface area contributed by atoms with Crippen LogP contribution in [0, 0.1) is 0 Å². The van der Waals surface area contributed by atoms with Gasteiger partial charge in [0.25, 0.3) is 0 Å². The SMILES string of the molecule is [CH3][Hf+3][C]1=CC=CC1.[F-].[F-].[F-]. The molecule has 0 aromatic rings. The fraction of sp³-hybridized carbons (Fsp3) is 0.333. The molecule has 0 amide bonds. The summed E-state index contributed by atoms with van der Waals surface area (Å²) in [4.78, 5) is 0. The summed E-state index contributed by atoms with van der Waals surface area (Å²) in [6, 6.07) is 0. The van der Waals surface area contributed by atoms with Gasteiger partial charge in [-0.2, -0.15) is 0 Å². The first-order chi connectivity index (χ1) is 3.43. The van der Waals surface area contributed by atoms with Crippen LogP contribution in [0.5, 0.6) is 0 Å². The van der Waals surface area contributed by atoms with E-state index in [4.69, 9.17) is 0 Å². The fourth-order valence-corrected chi connectivity index (χ4v) is 2.73. The maximum Gasteiger partial charge on any atom is -1.00 e. The second-order valence-corrected chi connectivity index (χ2v) is 5.68. The van der Waals surface area contributed by atoms with Gasteiger partial charge in [0, 0.05) is 0 Å². The summed E-state index contributed by atoms with van der Waals surface area (Å²) >= 11 is -0.221. The summed E-state index contributed by atoms with van der Waals surface area (Å²) in [5.41, 5.74) is 0. The van der Waals surface area contributed by atoms with Crippen molar-refractivity contribution in [2.75, 3.05) is 0 Å². The van der Waals surface area contributed by atoms with Crippen molar-refractivity contribution in [2.24, 2.45) is 0 Å². The normalized spacial score (nSPS) is 11.5. The van der Waals surface area contributed by atoms with E-state index >= 15 is 0 Å². The Morgan fingerprint density at radius 1 is 1.30 bits per heavy atom. The minimum Gasteiger partial charge on any atom is -1.00 e. The molecular formula is C6H8F3Hf. The van der Waals surface area contributed by atoms with Crippen molar-refractivity contribution in [3.63, 3.8) is 0 Å². The van der Waals surface area contributed by atoms with Crippen LogP contribution in [-0.4, -0.2) is 0 Å². The average molecular weight is 316 g/mol. The van der Waals surface area contributed by atoms with E-state index in [0.29, 0.717) is 0 Å². The van der Waals surface area contributed by atoms with Gasteiger partial charge in [-0.1, -0.05) is 0 Å². The van der Waals surface area contributed by atoms with E-state index in [0.717, 1.165) is 0 Å². The van der Waals surface area contributed by atoms with E-state index in [2.05, 4.69) is 22.9 Å². The first kappa shape index (κ1) is 16.6. The molecule has 0 saturated heterocycles. The second kappa shape index (κ2) is 9.14. The molecule has 10 heavy (non-hydrogen) atoms. The van der Waals surface area contributed by atoms with Crippen molar-refractivity contribution in [3.8, 4) is 0 Å². The van der Waals surface area contributed by atoms with Gasteiger partial charge in [-0.3, -0.25) is 0 Å². The Morgan fingerprint density at radius 3 is 2.10 bits per heavy atom. The smallest absolute Gasteiger partial charge is 1.00 e. The van der Waals surface area contributed by atoms with Crippen LogP contribution in [0.3, 0.4) is 0 Å². The number of allylic oxidation sites excluding steroid dienone is 4. The maximum atomic E-state index is 2.39. The molecule has 0 nitrogen and oxygen atoms in total. The van der Waals surface area contributed by atoms with Crippen LogP contribution in [0.2, 0.25) is 4.68 Å². The molecule has 0 heterocycles. The summed E-state index contributed by atoms with van der Waals surface area (Å²) in [5.74, 6) is 0. The fourth-order valence-electron chi connectivity index (χ4n) is 0.633. The molecule has 0 radical (unpaired) electrons. The van der Waals surface area contributed by atoms with Gasteiger partial charge in [0.1, 0.15) is 0 Å². The van der Waals surface area contributed by atoms with Gasteiger partial charge in [-0.25, -0.2) is 0 Å². The topological polar surface area (TPSA) is 0 Å². The van der Waals surface area contributed by atoms with Crippen molar-refractivity contribution in [1.82, 2.24) is 0 Å². The van der Waals surface area contributed by atoms with Crippen LogP contribution in [0.15, 0.2) is 21.6 Å². The summed E-state index contributed by atoms with van der Waals surface area (Å²) in [5, 5.41) is 0. The Balaban J connectivity index is -0.000000163. The number of hydrogen-bond acceptors (Lipinski definition) is 0. The molecule has 0 bridgehead atoms. The first-order valence-electron chi connectivity index (χ1n) is 2.47. The monoisotopic (exact) mass is 317 g/mol. The van der Waals surface area contributed by atoms with Gasteiger partial charge in [-0.05, 0) is 0 Å². The number of halogens is 3. The van der Waals surface area contributed by atoms with Crippen LogP contribution >= 0.6 is 0 Å². The van der Waals surface area contributed by atoms with E-state index < -0.39 is 0 Å². The molecule has 1 rings (SSSR count). The molecule has 0 spiro atoms. The van der Waals surface area contributed by atoms with Gasteiger partial charge >= 0.3 is 55.6 Å². The Kier molecular flexibility index (Phi) is 15.2. The van der Waals surface area contributed by atoms with E-state index in [-0.39, 0.29) is 37.0 Å². The first-order valence-corrected chi connectivity index (χ1v) is 7.86. The van der Waals surface area contributed by atoms with Crippen molar-refractivity contribution < 1.29 is 37.0 Å². The van der Waals surface area contributed by atoms with E-state index in [9.17, 15) is 0 Å². The Morgan fingerprint density at radius 2 is 1.90 bits per heavy atom. The number of hydrogen-bond donors (Lipinski definition) is 0.